The largest absolute Gasteiger partial charge is 0.494 e. The molecule has 21 heavy (non-hydrogen) atoms. The van der Waals surface area contributed by atoms with Crippen molar-refractivity contribution in [2.75, 3.05) is 19.8 Å². The maximum atomic E-state index is 11.4. The molecule has 1 aromatic carbocycles. The third-order valence-corrected chi connectivity index (χ3v) is 3.06. The fourth-order valence-electron chi connectivity index (χ4n) is 1.67. The summed E-state index contributed by atoms with van der Waals surface area (Å²) >= 11 is 0. The number of ether oxygens (including phenoxy) is 2. The average Bonchev–Trinajstić information content (AvgIpc) is 2.49. The highest BCUT2D eigenvalue weighted by molar-refractivity contribution is 5.78. The second kappa shape index (κ2) is 8.52. The van der Waals surface area contributed by atoms with Crippen molar-refractivity contribution >= 4 is 5.97 Å². The molecule has 5 heteroatoms. The van der Waals surface area contributed by atoms with Gasteiger partial charge in [0.05, 0.1) is 6.61 Å². The van der Waals surface area contributed by atoms with Gasteiger partial charge in [-0.05, 0) is 50.6 Å². The number of hydrogen-bond donors (Lipinski definition) is 2. The van der Waals surface area contributed by atoms with Crippen molar-refractivity contribution in [3.05, 3.63) is 24.3 Å². The monoisotopic (exact) mass is 295 g/mol. The molecule has 0 radical (unpaired) electrons. The lowest BCUT2D eigenvalue weighted by atomic mass is 10.0. The third kappa shape index (κ3) is 5.63. The Morgan fingerprint density at radius 1 is 1.14 bits per heavy atom. The lowest BCUT2D eigenvalue weighted by Gasteiger charge is -2.26. The van der Waals surface area contributed by atoms with Crippen LogP contribution in [0.2, 0.25) is 0 Å². The van der Waals surface area contributed by atoms with Crippen LogP contribution in [0, 0.1) is 0 Å². The molecular weight excluding hydrogens is 270 g/mol. The number of benzene rings is 1. The van der Waals surface area contributed by atoms with E-state index in [9.17, 15) is 9.90 Å². The summed E-state index contributed by atoms with van der Waals surface area (Å²) in [5.74, 6) is 0.498. The van der Waals surface area contributed by atoms with Gasteiger partial charge in [-0.2, -0.15) is 0 Å². The van der Waals surface area contributed by atoms with Crippen molar-refractivity contribution < 1.29 is 19.4 Å². The molecule has 0 spiro atoms. The maximum Gasteiger partial charge on any atom is 0.327 e. The standard InChI is InChI=1S/C16H25NO4/c1-4-10-17-16(3,15(18)19)12-21-14-8-6-13(7-9-14)20-11-5-2/h6-9,17H,4-5,10-12H2,1-3H3,(H,18,19). The van der Waals surface area contributed by atoms with Crippen molar-refractivity contribution in [3.63, 3.8) is 0 Å². The van der Waals surface area contributed by atoms with Gasteiger partial charge in [-0.1, -0.05) is 13.8 Å². The second-order valence-electron chi connectivity index (χ2n) is 5.17. The first-order chi connectivity index (χ1) is 10.0. The predicted molar refractivity (Wildman–Crippen MR) is 82.1 cm³/mol. The summed E-state index contributed by atoms with van der Waals surface area (Å²) in [5.41, 5.74) is -1.09. The van der Waals surface area contributed by atoms with Crippen LogP contribution in [0.25, 0.3) is 0 Å². The molecule has 0 aliphatic carbocycles. The highest BCUT2D eigenvalue weighted by Gasteiger charge is 2.33. The summed E-state index contributed by atoms with van der Waals surface area (Å²) in [5, 5.41) is 12.3. The first-order valence-electron chi connectivity index (χ1n) is 7.36. The van der Waals surface area contributed by atoms with E-state index >= 15 is 0 Å². The first-order valence-corrected chi connectivity index (χ1v) is 7.36. The van der Waals surface area contributed by atoms with Gasteiger partial charge in [-0.25, -0.2) is 0 Å². The van der Waals surface area contributed by atoms with Crippen LogP contribution in [-0.4, -0.2) is 36.4 Å². The SMILES string of the molecule is CCCNC(C)(COc1ccc(OCCC)cc1)C(=O)O. The minimum Gasteiger partial charge on any atom is -0.494 e. The van der Waals surface area contributed by atoms with E-state index in [1.165, 1.54) is 0 Å². The second-order valence-corrected chi connectivity index (χ2v) is 5.17. The molecule has 5 nitrogen and oxygen atoms in total. The van der Waals surface area contributed by atoms with Gasteiger partial charge in [0.2, 0.25) is 0 Å². The Balaban J connectivity index is 2.57. The highest BCUT2D eigenvalue weighted by Crippen LogP contribution is 2.19. The molecule has 0 bridgehead atoms. The fourth-order valence-corrected chi connectivity index (χ4v) is 1.67. The molecule has 118 valence electrons. The number of hydrogen-bond acceptors (Lipinski definition) is 4. The lowest BCUT2D eigenvalue weighted by Crippen LogP contribution is -2.54. The zero-order valence-corrected chi connectivity index (χ0v) is 13.0. The molecule has 0 aromatic heterocycles. The summed E-state index contributed by atoms with van der Waals surface area (Å²) in [6, 6.07) is 7.21. The molecule has 1 aromatic rings. The van der Waals surface area contributed by atoms with E-state index in [1.807, 2.05) is 26.0 Å². The van der Waals surface area contributed by atoms with Gasteiger partial charge in [-0.15, -0.1) is 0 Å². The topological polar surface area (TPSA) is 67.8 Å². The van der Waals surface area contributed by atoms with Crippen molar-refractivity contribution in [2.24, 2.45) is 0 Å². The quantitative estimate of drug-likeness (QED) is 0.694. The van der Waals surface area contributed by atoms with Crippen LogP contribution in [0.15, 0.2) is 24.3 Å². The molecule has 0 saturated carbocycles. The van der Waals surface area contributed by atoms with Crippen LogP contribution in [0.1, 0.15) is 33.6 Å². The Kier molecular flexibility index (Phi) is 7.02. The number of aliphatic carboxylic acids is 1. The summed E-state index contributed by atoms with van der Waals surface area (Å²) in [7, 11) is 0. The van der Waals surface area contributed by atoms with Gasteiger partial charge in [0, 0.05) is 0 Å². The molecule has 0 aliphatic heterocycles. The van der Waals surface area contributed by atoms with Crippen LogP contribution in [-0.2, 0) is 4.79 Å². The molecule has 0 aliphatic rings. The van der Waals surface area contributed by atoms with Gasteiger partial charge in [-0.3, -0.25) is 10.1 Å². The normalized spacial score (nSPS) is 13.5. The molecule has 0 amide bonds. The van der Waals surface area contributed by atoms with Gasteiger partial charge in [0.15, 0.2) is 0 Å². The average molecular weight is 295 g/mol. The summed E-state index contributed by atoms with van der Waals surface area (Å²) in [6.45, 7) is 7.05. The van der Waals surface area contributed by atoms with Crippen LogP contribution < -0.4 is 14.8 Å². The van der Waals surface area contributed by atoms with Crippen LogP contribution in [0.4, 0.5) is 0 Å². The first kappa shape index (κ1) is 17.3. The molecule has 1 unspecified atom stereocenters. The smallest absolute Gasteiger partial charge is 0.327 e. The Labute approximate surface area is 126 Å². The minimum atomic E-state index is -1.09. The van der Waals surface area contributed by atoms with Gasteiger partial charge in [0.1, 0.15) is 23.6 Å². The van der Waals surface area contributed by atoms with E-state index in [0.29, 0.717) is 18.9 Å². The summed E-state index contributed by atoms with van der Waals surface area (Å²) in [4.78, 5) is 11.4. The van der Waals surface area contributed by atoms with E-state index in [0.717, 1.165) is 18.6 Å². The van der Waals surface area contributed by atoms with Crippen molar-refractivity contribution in [3.8, 4) is 11.5 Å². The zero-order valence-electron chi connectivity index (χ0n) is 13.0. The Bertz CT molecular complexity index is 432. The van der Waals surface area contributed by atoms with E-state index in [1.54, 1.807) is 19.1 Å². The number of nitrogens with one attached hydrogen (secondary N) is 1. The van der Waals surface area contributed by atoms with Gasteiger partial charge < -0.3 is 14.6 Å². The Morgan fingerprint density at radius 3 is 2.19 bits per heavy atom. The van der Waals surface area contributed by atoms with E-state index in [2.05, 4.69) is 5.32 Å². The summed E-state index contributed by atoms with van der Waals surface area (Å²) < 4.78 is 11.1. The summed E-state index contributed by atoms with van der Waals surface area (Å²) in [6.07, 6.45) is 1.82. The van der Waals surface area contributed by atoms with Crippen molar-refractivity contribution in [2.45, 2.75) is 39.2 Å². The highest BCUT2D eigenvalue weighted by atomic mass is 16.5. The van der Waals surface area contributed by atoms with Crippen LogP contribution >= 0.6 is 0 Å². The molecule has 1 rings (SSSR count). The molecule has 0 fully saturated rings. The van der Waals surface area contributed by atoms with E-state index in [-0.39, 0.29) is 6.61 Å². The molecule has 2 N–H and O–H groups in total. The van der Waals surface area contributed by atoms with Gasteiger partial charge in [0.25, 0.3) is 0 Å². The van der Waals surface area contributed by atoms with Crippen molar-refractivity contribution in [1.29, 1.82) is 0 Å². The predicted octanol–water partition coefficient (Wildman–Crippen LogP) is 2.70. The fraction of sp³-hybridized carbons (Fsp3) is 0.562. The number of carboxylic acid groups (broad SMARTS) is 1. The van der Waals surface area contributed by atoms with Crippen LogP contribution in [0.5, 0.6) is 11.5 Å². The molecule has 0 heterocycles. The number of rotatable bonds is 10. The molecule has 1 atom stereocenters. The maximum absolute atomic E-state index is 11.4. The molecule has 0 saturated heterocycles. The van der Waals surface area contributed by atoms with Crippen molar-refractivity contribution in [1.82, 2.24) is 5.32 Å². The van der Waals surface area contributed by atoms with Crippen LogP contribution in [0.3, 0.4) is 0 Å². The third-order valence-electron chi connectivity index (χ3n) is 3.06. The minimum absolute atomic E-state index is 0.0670. The Morgan fingerprint density at radius 2 is 1.71 bits per heavy atom. The molecular formula is C16H25NO4. The van der Waals surface area contributed by atoms with E-state index < -0.39 is 11.5 Å². The number of carboxylic acids is 1. The lowest BCUT2D eigenvalue weighted by molar-refractivity contribution is -0.145. The number of carbonyl (C=O) groups is 1. The Hall–Kier alpha value is -1.75. The van der Waals surface area contributed by atoms with Gasteiger partial charge >= 0.3 is 5.97 Å². The zero-order chi connectivity index (χ0) is 15.7. The van der Waals surface area contributed by atoms with E-state index in [4.69, 9.17) is 9.47 Å².